The second kappa shape index (κ2) is 5.40. The summed E-state index contributed by atoms with van der Waals surface area (Å²) in [5, 5.41) is 3.62. The molecule has 2 aromatic rings. The first-order valence-electron chi connectivity index (χ1n) is 7.05. The molecule has 2 heterocycles. The minimum Gasteiger partial charge on any atom is -0.324 e. The number of likely N-dealkylation sites (tertiary alicyclic amines) is 1. The molecule has 20 heavy (non-hydrogen) atoms. The van der Waals surface area contributed by atoms with E-state index < -0.39 is 0 Å². The van der Waals surface area contributed by atoms with Crippen molar-refractivity contribution in [3.05, 3.63) is 23.8 Å². The van der Waals surface area contributed by atoms with Crippen LogP contribution in [-0.2, 0) is 0 Å². The number of nitrogens with one attached hydrogen (secondary N) is 1. The van der Waals surface area contributed by atoms with Crippen LogP contribution in [0.25, 0.3) is 10.2 Å². The van der Waals surface area contributed by atoms with Crippen LogP contribution in [0.4, 0.5) is 9.93 Å². The van der Waals surface area contributed by atoms with Crippen molar-refractivity contribution in [1.29, 1.82) is 0 Å². The minimum absolute atomic E-state index is 0.0210. The van der Waals surface area contributed by atoms with E-state index in [0.717, 1.165) is 29.7 Å². The molecule has 0 saturated carbocycles. The molecule has 4 nitrogen and oxygen atoms in total. The van der Waals surface area contributed by atoms with Gasteiger partial charge in [0.15, 0.2) is 5.13 Å². The van der Waals surface area contributed by atoms with E-state index in [0.29, 0.717) is 11.0 Å². The Labute approximate surface area is 122 Å². The second-order valence-electron chi connectivity index (χ2n) is 5.61. The summed E-state index contributed by atoms with van der Waals surface area (Å²) in [7, 11) is 0. The van der Waals surface area contributed by atoms with Crippen molar-refractivity contribution in [2.75, 3.05) is 18.4 Å². The average molecular weight is 289 g/mol. The van der Waals surface area contributed by atoms with Crippen LogP contribution in [-0.4, -0.2) is 29.0 Å². The maximum absolute atomic E-state index is 12.2. The predicted molar refractivity (Wildman–Crippen MR) is 83.3 cm³/mol. The third-order valence-corrected chi connectivity index (χ3v) is 4.64. The van der Waals surface area contributed by atoms with Crippen LogP contribution in [0.3, 0.4) is 0 Å². The Balaban J connectivity index is 1.73. The molecule has 2 amide bonds. The first-order valence-corrected chi connectivity index (χ1v) is 7.86. The van der Waals surface area contributed by atoms with Gasteiger partial charge in [0.25, 0.3) is 0 Å². The summed E-state index contributed by atoms with van der Waals surface area (Å²) in [4.78, 5) is 18.6. The third-order valence-electron chi connectivity index (χ3n) is 3.70. The number of hydrogen-bond donors (Lipinski definition) is 1. The van der Waals surface area contributed by atoms with Crippen LogP contribution in [0.2, 0.25) is 0 Å². The molecule has 1 aromatic heterocycles. The van der Waals surface area contributed by atoms with E-state index in [1.807, 2.05) is 17.0 Å². The number of carbonyl (C=O) groups excluding carboxylic acids is 1. The highest BCUT2D eigenvalue weighted by Crippen LogP contribution is 2.27. The third kappa shape index (κ3) is 2.77. The van der Waals surface area contributed by atoms with E-state index in [1.54, 1.807) is 0 Å². The van der Waals surface area contributed by atoms with Gasteiger partial charge in [-0.25, -0.2) is 9.78 Å². The second-order valence-corrected chi connectivity index (χ2v) is 6.64. The molecule has 0 spiro atoms. The van der Waals surface area contributed by atoms with Crippen molar-refractivity contribution in [3.8, 4) is 0 Å². The lowest BCUT2D eigenvalue weighted by Crippen LogP contribution is -2.41. The van der Waals surface area contributed by atoms with Crippen molar-refractivity contribution < 1.29 is 4.79 Å². The molecule has 1 unspecified atom stereocenters. The van der Waals surface area contributed by atoms with Crippen LogP contribution in [0.1, 0.15) is 25.3 Å². The fraction of sp³-hybridized carbons (Fsp3) is 0.467. The molecule has 1 fully saturated rings. The van der Waals surface area contributed by atoms with Gasteiger partial charge in [0.05, 0.1) is 10.2 Å². The van der Waals surface area contributed by atoms with Gasteiger partial charge >= 0.3 is 6.03 Å². The molecule has 0 radical (unpaired) electrons. The number of anilines is 1. The Morgan fingerprint density at radius 2 is 2.35 bits per heavy atom. The number of aromatic nitrogens is 1. The Morgan fingerprint density at radius 1 is 1.50 bits per heavy atom. The normalized spacial score (nSPS) is 19.3. The van der Waals surface area contributed by atoms with Gasteiger partial charge < -0.3 is 4.90 Å². The molecule has 0 bridgehead atoms. The van der Waals surface area contributed by atoms with E-state index in [1.165, 1.54) is 23.3 Å². The van der Waals surface area contributed by atoms with E-state index in [4.69, 9.17) is 0 Å². The molecular weight excluding hydrogens is 270 g/mol. The van der Waals surface area contributed by atoms with Gasteiger partial charge in [0.1, 0.15) is 0 Å². The summed E-state index contributed by atoms with van der Waals surface area (Å²) in [5.41, 5.74) is 2.16. The zero-order chi connectivity index (χ0) is 14.1. The monoisotopic (exact) mass is 289 g/mol. The first-order chi connectivity index (χ1) is 9.61. The standard InChI is InChI=1S/C15H19N3OS/c1-10-5-6-12-13(8-10)20-14(16-12)17-15(19)18-7-3-4-11(2)9-18/h5-6,8,11H,3-4,7,9H2,1-2H3,(H,16,17,19). The summed E-state index contributed by atoms with van der Waals surface area (Å²) < 4.78 is 1.12. The van der Waals surface area contributed by atoms with Gasteiger partial charge in [-0.15, -0.1) is 0 Å². The molecule has 1 aliphatic rings. The maximum Gasteiger partial charge on any atom is 0.323 e. The van der Waals surface area contributed by atoms with Gasteiger partial charge in [-0.1, -0.05) is 24.3 Å². The lowest BCUT2D eigenvalue weighted by molar-refractivity contribution is 0.182. The number of rotatable bonds is 1. The highest BCUT2D eigenvalue weighted by atomic mass is 32.1. The molecule has 1 saturated heterocycles. The van der Waals surface area contributed by atoms with Crippen LogP contribution < -0.4 is 5.32 Å². The number of nitrogens with zero attached hydrogens (tertiary/aromatic N) is 2. The molecule has 106 valence electrons. The topological polar surface area (TPSA) is 45.2 Å². The summed E-state index contributed by atoms with van der Waals surface area (Å²) >= 11 is 1.53. The Kier molecular flexibility index (Phi) is 3.61. The highest BCUT2D eigenvalue weighted by Gasteiger charge is 2.21. The fourth-order valence-corrected chi connectivity index (χ4v) is 3.58. The SMILES string of the molecule is Cc1ccc2nc(NC(=O)N3CCCC(C)C3)sc2c1. The van der Waals surface area contributed by atoms with E-state index in [9.17, 15) is 4.79 Å². The van der Waals surface area contributed by atoms with Crippen LogP contribution >= 0.6 is 11.3 Å². The molecule has 5 heteroatoms. The smallest absolute Gasteiger partial charge is 0.323 e. The minimum atomic E-state index is -0.0210. The molecular formula is C15H19N3OS. The molecule has 1 aliphatic heterocycles. The van der Waals surface area contributed by atoms with Crippen molar-refractivity contribution in [2.24, 2.45) is 5.92 Å². The molecule has 1 atom stereocenters. The number of benzene rings is 1. The van der Waals surface area contributed by atoms with E-state index in [-0.39, 0.29) is 6.03 Å². The van der Waals surface area contributed by atoms with E-state index >= 15 is 0 Å². The van der Waals surface area contributed by atoms with Crippen LogP contribution in [0.5, 0.6) is 0 Å². The number of aryl methyl sites for hydroxylation is 1. The molecule has 1 aromatic carbocycles. The van der Waals surface area contributed by atoms with Gasteiger partial charge in [0, 0.05) is 13.1 Å². The van der Waals surface area contributed by atoms with Crippen LogP contribution in [0, 0.1) is 12.8 Å². The largest absolute Gasteiger partial charge is 0.324 e. The number of hydrogen-bond acceptors (Lipinski definition) is 3. The molecule has 1 N–H and O–H groups in total. The molecule has 0 aliphatic carbocycles. The summed E-state index contributed by atoms with van der Waals surface area (Å²) in [6.45, 7) is 5.95. The Bertz CT molecular complexity index is 637. The number of carbonyl (C=O) groups is 1. The van der Waals surface area contributed by atoms with Gasteiger partial charge in [-0.2, -0.15) is 0 Å². The van der Waals surface area contributed by atoms with Crippen molar-refractivity contribution >= 4 is 32.7 Å². The summed E-state index contributed by atoms with van der Waals surface area (Å²) in [5.74, 6) is 0.590. The number of fused-ring (bicyclic) bond motifs is 1. The number of amides is 2. The van der Waals surface area contributed by atoms with Crippen molar-refractivity contribution in [3.63, 3.8) is 0 Å². The quantitative estimate of drug-likeness (QED) is 0.866. The van der Waals surface area contributed by atoms with Crippen molar-refractivity contribution in [1.82, 2.24) is 9.88 Å². The van der Waals surface area contributed by atoms with E-state index in [2.05, 4.69) is 30.2 Å². The summed E-state index contributed by atoms with van der Waals surface area (Å²) in [6.07, 6.45) is 2.30. The number of piperidine rings is 1. The van der Waals surface area contributed by atoms with Gasteiger partial charge in [0.2, 0.25) is 0 Å². The Hall–Kier alpha value is -1.62. The number of urea groups is 1. The average Bonchev–Trinajstić information content (AvgIpc) is 2.80. The van der Waals surface area contributed by atoms with Crippen molar-refractivity contribution in [2.45, 2.75) is 26.7 Å². The molecule has 3 rings (SSSR count). The zero-order valence-electron chi connectivity index (χ0n) is 11.8. The maximum atomic E-state index is 12.2. The number of thiazole rings is 1. The van der Waals surface area contributed by atoms with Gasteiger partial charge in [-0.3, -0.25) is 5.32 Å². The van der Waals surface area contributed by atoms with Gasteiger partial charge in [-0.05, 0) is 43.4 Å². The summed E-state index contributed by atoms with van der Waals surface area (Å²) in [6, 6.07) is 6.12. The predicted octanol–water partition coefficient (Wildman–Crippen LogP) is 3.87. The Morgan fingerprint density at radius 3 is 3.15 bits per heavy atom. The fourth-order valence-electron chi connectivity index (χ4n) is 2.63. The zero-order valence-corrected chi connectivity index (χ0v) is 12.7. The lowest BCUT2D eigenvalue weighted by atomic mass is 10.0. The lowest BCUT2D eigenvalue weighted by Gasteiger charge is -2.30. The first kappa shape index (κ1) is 13.4. The highest BCUT2D eigenvalue weighted by molar-refractivity contribution is 7.22. The van der Waals surface area contributed by atoms with Crippen LogP contribution in [0.15, 0.2) is 18.2 Å².